The van der Waals surface area contributed by atoms with Crippen molar-refractivity contribution in [2.24, 2.45) is 0 Å². The summed E-state index contributed by atoms with van der Waals surface area (Å²) in [6.45, 7) is 1.68. The molecule has 0 spiro atoms. The summed E-state index contributed by atoms with van der Waals surface area (Å²) >= 11 is 6.09. The zero-order valence-corrected chi connectivity index (χ0v) is 17.0. The Bertz CT molecular complexity index is 1040. The average Bonchev–Trinajstić information content (AvgIpc) is 2.70. The lowest BCUT2D eigenvalue weighted by Gasteiger charge is -2.34. The van der Waals surface area contributed by atoms with Crippen LogP contribution in [0.15, 0.2) is 41.3 Å². The average molecular weight is 440 g/mol. The predicted molar refractivity (Wildman–Crippen MR) is 106 cm³/mol. The van der Waals surface area contributed by atoms with E-state index in [1.807, 2.05) is 4.90 Å². The molecule has 1 saturated heterocycles. The van der Waals surface area contributed by atoms with Crippen molar-refractivity contribution in [1.82, 2.24) is 9.21 Å². The van der Waals surface area contributed by atoms with Crippen LogP contribution in [0.4, 0.5) is 10.1 Å². The van der Waals surface area contributed by atoms with E-state index in [1.165, 1.54) is 28.6 Å². The van der Waals surface area contributed by atoms with Gasteiger partial charge in [0.15, 0.2) is 6.61 Å². The molecule has 29 heavy (non-hydrogen) atoms. The Morgan fingerprint density at radius 3 is 2.62 bits per heavy atom. The largest absolute Gasteiger partial charge is 0.482 e. The second kappa shape index (κ2) is 7.91. The third-order valence-corrected chi connectivity index (χ3v) is 7.25. The van der Waals surface area contributed by atoms with E-state index in [-0.39, 0.29) is 36.3 Å². The van der Waals surface area contributed by atoms with Crippen LogP contribution in [0.25, 0.3) is 0 Å². The van der Waals surface area contributed by atoms with Gasteiger partial charge in [-0.15, -0.1) is 0 Å². The molecular weight excluding hydrogens is 421 g/mol. The normalized spacial score (nSPS) is 18.1. The molecule has 1 amide bonds. The molecular formula is C19H19ClFN3O4S. The first-order valence-corrected chi connectivity index (χ1v) is 10.9. The van der Waals surface area contributed by atoms with Gasteiger partial charge in [0.05, 0.1) is 10.6 Å². The van der Waals surface area contributed by atoms with Crippen LogP contribution < -0.4 is 10.1 Å². The molecule has 2 aromatic rings. The number of anilines is 1. The van der Waals surface area contributed by atoms with Crippen LogP contribution in [0.5, 0.6) is 5.75 Å². The quantitative estimate of drug-likeness (QED) is 0.791. The number of nitrogens with zero attached hydrogens (tertiary/aromatic N) is 2. The minimum Gasteiger partial charge on any atom is -0.482 e. The summed E-state index contributed by atoms with van der Waals surface area (Å²) in [4.78, 5) is 13.5. The molecule has 10 heteroatoms. The number of halogens is 2. The molecule has 2 aliphatic rings. The molecule has 2 heterocycles. The van der Waals surface area contributed by atoms with E-state index in [1.54, 1.807) is 12.1 Å². The van der Waals surface area contributed by atoms with E-state index in [0.717, 1.165) is 0 Å². The molecule has 4 rings (SSSR count). The van der Waals surface area contributed by atoms with Crippen molar-refractivity contribution in [1.29, 1.82) is 0 Å². The topological polar surface area (TPSA) is 79.0 Å². The summed E-state index contributed by atoms with van der Waals surface area (Å²) in [5, 5.41) is 2.98. The van der Waals surface area contributed by atoms with Crippen LogP contribution in [-0.4, -0.2) is 56.3 Å². The van der Waals surface area contributed by atoms with Crippen LogP contribution >= 0.6 is 11.6 Å². The van der Waals surface area contributed by atoms with E-state index in [2.05, 4.69) is 5.32 Å². The highest BCUT2D eigenvalue weighted by molar-refractivity contribution is 7.89. The van der Waals surface area contributed by atoms with Crippen molar-refractivity contribution >= 4 is 33.2 Å². The Balaban J connectivity index is 1.45. The smallest absolute Gasteiger partial charge is 0.262 e. The van der Waals surface area contributed by atoms with E-state index in [9.17, 15) is 17.6 Å². The SMILES string of the molecule is O=C1COc2ccc(S(=O)(=O)N3CCN(Cc4c(F)cccc4Cl)CC3)cc2N1. The van der Waals surface area contributed by atoms with Crippen LogP contribution in [0.2, 0.25) is 5.02 Å². The number of carbonyl (C=O) groups excluding carboxylic acids is 1. The number of sulfonamides is 1. The molecule has 0 unspecified atom stereocenters. The Morgan fingerprint density at radius 2 is 1.90 bits per heavy atom. The van der Waals surface area contributed by atoms with Gasteiger partial charge in [0, 0.05) is 43.3 Å². The number of amides is 1. The Kier molecular flexibility index (Phi) is 5.48. The summed E-state index contributed by atoms with van der Waals surface area (Å²) in [6, 6.07) is 8.97. The first kappa shape index (κ1) is 20.1. The number of rotatable bonds is 4. The van der Waals surface area contributed by atoms with Crippen molar-refractivity contribution in [3.05, 3.63) is 52.8 Å². The van der Waals surface area contributed by atoms with Gasteiger partial charge in [-0.05, 0) is 30.3 Å². The van der Waals surface area contributed by atoms with Crippen molar-refractivity contribution in [3.63, 3.8) is 0 Å². The maximum Gasteiger partial charge on any atom is 0.262 e. The zero-order valence-electron chi connectivity index (χ0n) is 15.4. The second-order valence-electron chi connectivity index (χ2n) is 6.88. The predicted octanol–water partition coefficient (Wildman–Crippen LogP) is 2.32. The number of fused-ring (bicyclic) bond motifs is 1. The summed E-state index contributed by atoms with van der Waals surface area (Å²) in [6.07, 6.45) is 0. The fraction of sp³-hybridized carbons (Fsp3) is 0.316. The molecule has 0 atom stereocenters. The van der Waals surface area contributed by atoms with Crippen molar-refractivity contribution in [3.8, 4) is 5.75 Å². The maximum atomic E-state index is 14.0. The number of ether oxygens (including phenoxy) is 1. The van der Waals surface area contributed by atoms with E-state index in [4.69, 9.17) is 16.3 Å². The van der Waals surface area contributed by atoms with Crippen LogP contribution in [0.3, 0.4) is 0 Å². The minimum atomic E-state index is -3.73. The molecule has 0 saturated carbocycles. The van der Waals surface area contributed by atoms with Gasteiger partial charge in [0.2, 0.25) is 10.0 Å². The maximum absolute atomic E-state index is 14.0. The highest BCUT2D eigenvalue weighted by Crippen LogP contribution is 2.31. The first-order chi connectivity index (χ1) is 13.8. The Hall–Kier alpha value is -2.20. The molecule has 2 aliphatic heterocycles. The molecule has 0 bridgehead atoms. The van der Waals surface area contributed by atoms with Crippen molar-refractivity contribution < 1.29 is 22.3 Å². The Labute approximate surface area is 173 Å². The van der Waals surface area contributed by atoms with Gasteiger partial charge in [-0.25, -0.2) is 12.8 Å². The van der Waals surface area contributed by atoms with Gasteiger partial charge in [0.25, 0.3) is 5.91 Å². The summed E-state index contributed by atoms with van der Waals surface area (Å²) in [5.41, 5.74) is 0.756. The number of nitrogens with one attached hydrogen (secondary N) is 1. The zero-order chi connectivity index (χ0) is 20.6. The lowest BCUT2D eigenvalue weighted by molar-refractivity contribution is -0.118. The monoisotopic (exact) mass is 439 g/mol. The first-order valence-electron chi connectivity index (χ1n) is 9.07. The lowest BCUT2D eigenvalue weighted by Crippen LogP contribution is -2.48. The van der Waals surface area contributed by atoms with E-state index >= 15 is 0 Å². The lowest BCUT2D eigenvalue weighted by atomic mass is 10.2. The van der Waals surface area contributed by atoms with Gasteiger partial charge in [0.1, 0.15) is 11.6 Å². The van der Waals surface area contributed by atoms with Crippen molar-refractivity contribution in [2.75, 3.05) is 38.1 Å². The minimum absolute atomic E-state index is 0.0902. The molecule has 7 nitrogen and oxygen atoms in total. The van der Waals surface area contributed by atoms with Crippen LogP contribution in [0, 0.1) is 5.82 Å². The third-order valence-electron chi connectivity index (χ3n) is 5.00. The van der Waals surface area contributed by atoms with Crippen LogP contribution in [0.1, 0.15) is 5.56 Å². The molecule has 0 radical (unpaired) electrons. The number of hydrogen-bond donors (Lipinski definition) is 1. The van der Waals surface area contributed by atoms with Gasteiger partial charge >= 0.3 is 0 Å². The molecule has 1 fully saturated rings. The fourth-order valence-electron chi connectivity index (χ4n) is 3.41. The van der Waals surface area contributed by atoms with Crippen molar-refractivity contribution in [2.45, 2.75) is 11.4 Å². The molecule has 1 N–H and O–H groups in total. The molecule has 0 aliphatic carbocycles. The van der Waals surface area contributed by atoms with Gasteiger partial charge in [-0.2, -0.15) is 4.31 Å². The van der Waals surface area contributed by atoms with Gasteiger partial charge < -0.3 is 10.1 Å². The van der Waals surface area contributed by atoms with E-state index < -0.39 is 10.0 Å². The standard InChI is InChI=1S/C19H19ClFN3O4S/c20-15-2-1-3-16(21)14(15)11-23-6-8-24(9-7-23)29(26,27)13-4-5-18-17(10-13)22-19(25)12-28-18/h1-5,10H,6-9,11-12H2,(H,22,25). The molecule has 154 valence electrons. The van der Waals surface area contributed by atoms with E-state index in [0.29, 0.717) is 41.7 Å². The number of carbonyl (C=O) groups is 1. The second-order valence-corrected chi connectivity index (χ2v) is 9.22. The number of hydrogen-bond acceptors (Lipinski definition) is 5. The van der Waals surface area contributed by atoms with Gasteiger partial charge in [-0.3, -0.25) is 9.69 Å². The number of piperazine rings is 1. The number of benzene rings is 2. The van der Waals surface area contributed by atoms with Gasteiger partial charge in [-0.1, -0.05) is 17.7 Å². The summed E-state index contributed by atoms with van der Waals surface area (Å²) in [7, 11) is -3.73. The fourth-order valence-corrected chi connectivity index (χ4v) is 5.08. The highest BCUT2D eigenvalue weighted by atomic mass is 35.5. The summed E-state index contributed by atoms with van der Waals surface area (Å²) < 4.78 is 46.7. The molecule has 0 aromatic heterocycles. The highest BCUT2D eigenvalue weighted by Gasteiger charge is 2.30. The van der Waals surface area contributed by atoms with Crippen LogP contribution in [-0.2, 0) is 21.4 Å². The summed E-state index contributed by atoms with van der Waals surface area (Å²) in [5.74, 6) is -0.256. The molecule has 2 aromatic carbocycles. The third kappa shape index (κ3) is 4.09. The Morgan fingerprint density at radius 1 is 1.14 bits per heavy atom.